The Kier molecular flexibility index (Phi) is 5.04. The van der Waals surface area contributed by atoms with Gasteiger partial charge in [-0.25, -0.2) is 0 Å². The van der Waals surface area contributed by atoms with Gasteiger partial charge in [0.2, 0.25) is 0 Å². The second-order valence-corrected chi connectivity index (χ2v) is 5.67. The normalized spacial score (nSPS) is 25.9. The molecule has 0 bridgehead atoms. The molecule has 1 aliphatic rings. The highest BCUT2D eigenvalue weighted by molar-refractivity contribution is 6.31. The van der Waals surface area contributed by atoms with Crippen LogP contribution in [0.1, 0.15) is 44.2 Å². The van der Waals surface area contributed by atoms with Crippen LogP contribution in [0.5, 0.6) is 0 Å². The fraction of sp³-hybridized carbons (Fsp3) is 0.600. The molecule has 3 heteroatoms. The van der Waals surface area contributed by atoms with Gasteiger partial charge in [0.1, 0.15) is 0 Å². The minimum absolute atomic E-state index is 0.135. The number of halogens is 1. The average Bonchev–Trinajstić information content (AvgIpc) is 2.38. The zero-order valence-electron chi connectivity index (χ0n) is 10.9. The van der Waals surface area contributed by atoms with Crippen molar-refractivity contribution in [3.63, 3.8) is 0 Å². The third-order valence-corrected chi connectivity index (χ3v) is 4.27. The molecule has 0 aliphatic heterocycles. The van der Waals surface area contributed by atoms with Gasteiger partial charge in [0.25, 0.3) is 0 Å². The average molecular weight is 268 g/mol. The number of hydrogen-bond donors (Lipinski definition) is 2. The van der Waals surface area contributed by atoms with Crippen LogP contribution in [0.4, 0.5) is 0 Å². The molecule has 1 aromatic rings. The van der Waals surface area contributed by atoms with E-state index >= 15 is 0 Å². The van der Waals surface area contributed by atoms with Gasteiger partial charge in [-0.1, -0.05) is 42.6 Å². The Labute approximate surface area is 114 Å². The van der Waals surface area contributed by atoms with E-state index in [0.29, 0.717) is 5.92 Å². The van der Waals surface area contributed by atoms with E-state index in [0.717, 1.165) is 36.4 Å². The standard InChI is InChI=1S/C15H22ClNO/c1-11(13-7-3-4-8-14(13)16)17-10-12-6-2-5-9-15(12)18/h3-4,7-8,11-12,15,17-18H,2,5-6,9-10H2,1H3. The highest BCUT2D eigenvalue weighted by atomic mass is 35.5. The summed E-state index contributed by atoms with van der Waals surface area (Å²) in [5, 5.41) is 14.2. The van der Waals surface area contributed by atoms with Gasteiger partial charge in [0, 0.05) is 17.6 Å². The van der Waals surface area contributed by atoms with Gasteiger partial charge in [-0.05, 0) is 37.3 Å². The third-order valence-electron chi connectivity index (χ3n) is 3.93. The van der Waals surface area contributed by atoms with Crippen molar-refractivity contribution in [2.45, 2.75) is 44.8 Å². The van der Waals surface area contributed by atoms with Crippen LogP contribution in [0.15, 0.2) is 24.3 Å². The van der Waals surface area contributed by atoms with E-state index in [1.54, 1.807) is 0 Å². The number of benzene rings is 1. The van der Waals surface area contributed by atoms with Crippen molar-refractivity contribution in [1.82, 2.24) is 5.32 Å². The molecule has 0 radical (unpaired) electrons. The van der Waals surface area contributed by atoms with E-state index in [9.17, 15) is 5.11 Å². The maximum atomic E-state index is 9.94. The Bertz CT molecular complexity index is 383. The summed E-state index contributed by atoms with van der Waals surface area (Å²) in [6.45, 7) is 2.99. The number of nitrogens with one attached hydrogen (secondary N) is 1. The second kappa shape index (κ2) is 6.55. The van der Waals surface area contributed by atoms with Crippen molar-refractivity contribution in [3.05, 3.63) is 34.9 Å². The smallest absolute Gasteiger partial charge is 0.0580 e. The minimum atomic E-state index is -0.135. The van der Waals surface area contributed by atoms with Gasteiger partial charge in [-0.3, -0.25) is 0 Å². The lowest BCUT2D eigenvalue weighted by molar-refractivity contribution is 0.0684. The summed E-state index contributed by atoms with van der Waals surface area (Å²) in [5.74, 6) is 0.392. The molecule has 0 heterocycles. The zero-order chi connectivity index (χ0) is 13.0. The Hall–Kier alpha value is -0.570. The van der Waals surface area contributed by atoms with Crippen LogP contribution in [0.25, 0.3) is 0 Å². The van der Waals surface area contributed by atoms with E-state index < -0.39 is 0 Å². The Morgan fingerprint density at radius 2 is 2.06 bits per heavy atom. The summed E-state index contributed by atoms with van der Waals surface area (Å²) >= 11 is 6.18. The second-order valence-electron chi connectivity index (χ2n) is 5.26. The topological polar surface area (TPSA) is 32.3 Å². The molecular formula is C15H22ClNO. The van der Waals surface area contributed by atoms with Gasteiger partial charge < -0.3 is 10.4 Å². The van der Waals surface area contributed by atoms with Gasteiger partial charge in [0.05, 0.1) is 6.10 Å². The lowest BCUT2D eigenvalue weighted by Crippen LogP contribution is -2.35. The molecule has 2 N–H and O–H groups in total. The van der Waals surface area contributed by atoms with Crippen LogP contribution < -0.4 is 5.32 Å². The molecule has 0 saturated heterocycles. The maximum absolute atomic E-state index is 9.94. The molecule has 0 aromatic heterocycles. The first-order valence-corrected chi connectivity index (χ1v) is 7.22. The van der Waals surface area contributed by atoms with E-state index in [4.69, 9.17) is 11.6 Å². The van der Waals surface area contributed by atoms with Crippen LogP contribution >= 0.6 is 11.6 Å². The fourth-order valence-electron chi connectivity index (χ4n) is 2.69. The molecular weight excluding hydrogens is 246 g/mol. The number of rotatable bonds is 4. The summed E-state index contributed by atoms with van der Waals surface area (Å²) in [6, 6.07) is 8.16. The fourth-order valence-corrected chi connectivity index (χ4v) is 2.99. The predicted molar refractivity (Wildman–Crippen MR) is 75.8 cm³/mol. The first-order chi connectivity index (χ1) is 8.68. The molecule has 1 aliphatic carbocycles. The monoisotopic (exact) mass is 267 g/mol. The van der Waals surface area contributed by atoms with E-state index in [2.05, 4.69) is 18.3 Å². The van der Waals surface area contributed by atoms with Crippen LogP contribution in [0.2, 0.25) is 5.02 Å². The summed E-state index contributed by atoms with van der Waals surface area (Å²) in [5.41, 5.74) is 1.13. The Morgan fingerprint density at radius 3 is 2.78 bits per heavy atom. The summed E-state index contributed by atoms with van der Waals surface area (Å²) in [6.07, 6.45) is 4.35. The number of aliphatic hydroxyl groups is 1. The van der Waals surface area contributed by atoms with Crippen molar-refractivity contribution in [2.24, 2.45) is 5.92 Å². The van der Waals surface area contributed by atoms with E-state index in [1.807, 2.05) is 18.2 Å². The summed E-state index contributed by atoms with van der Waals surface area (Å²) < 4.78 is 0. The summed E-state index contributed by atoms with van der Waals surface area (Å²) in [4.78, 5) is 0. The molecule has 3 atom stereocenters. The highest BCUT2D eigenvalue weighted by Gasteiger charge is 2.23. The largest absolute Gasteiger partial charge is 0.393 e. The molecule has 100 valence electrons. The molecule has 1 fully saturated rings. The zero-order valence-corrected chi connectivity index (χ0v) is 11.7. The third kappa shape index (κ3) is 3.47. The van der Waals surface area contributed by atoms with Crippen molar-refractivity contribution in [1.29, 1.82) is 0 Å². The van der Waals surface area contributed by atoms with Crippen molar-refractivity contribution >= 4 is 11.6 Å². The quantitative estimate of drug-likeness (QED) is 0.875. The van der Waals surface area contributed by atoms with Gasteiger partial charge in [-0.2, -0.15) is 0 Å². The predicted octanol–water partition coefficient (Wildman–Crippen LogP) is 3.54. The van der Waals surface area contributed by atoms with Crippen molar-refractivity contribution in [2.75, 3.05) is 6.54 Å². The minimum Gasteiger partial charge on any atom is -0.393 e. The first kappa shape index (κ1) is 13.9. The molecule has 1 saturated carbocycles. The van der Waals surface area contributed by atoms with E-state index in [1.165, 1.54) is 6.42 Å². The lowest BCUT2D eigenvalue weighted by Gasteiger charge is -2.29. The van der Waals surface area contributed by atoms with Crippen molar-refractivity contribution in [3.8, 4) is 0 Å². The highest BCUT2D eigenvalue weighted by Crippen LogP contribution is 2.26. The molecule has 2 nitrogen and oxygen atoms in total. The van der Waals surface area contributed by atoms with Crippen LogP contribution in [-0.2, 0) is 0 Å². The Morgan fingerprint density at radius 1 is 1.33 bits per heavy atom. The van der Waals surface area contributed by atoms with Crippen molar-refractivity contribution < 1.29 is 5.11 Å². The summed E-state index contributed by atoms with van der Waals surface area (Å²) in [7, 11) is 0. The van der Waals surface area contributed by atoms with Crippen LogP contribution in [0.3, 0.4) is 0 Å². The van der Waals surface area contributed by atoms with Gasteiger partial charge in [-0.15, -0.1) is 0 Å². The molecule has 2 rings (SSSR count). The number of hydrogen-bond acceptors (Lipinski definition) is 2. The molecule has 1 aromatic carbocycles. The maximum Gasteiger partial charge on any atom is 0.0580 e. The molecule has 0 spiro atoms. The Balaban J connectivity index is 1.88. The molecule has 3 unspecified atom stereocenters. The van der Waals surface area contributed by atoms with Crippen LogP contribution in [-0.4, -0.2) is 17.8 Å². The van der Waals surface area contributed by atoms with Gasteiger partial charge in [0.15, 0.2) is 0 Å². The lowest BCUT2D eigenvalue weighted by atomic mass is 9.86. The molecule has 0 amide bonds. The SMILES string of the molecule is CC(NCC1CCCCC1O)c1ccccc1Cl. The van der Waals surface area contributed by atoms with E-state index in [-0.39, 0.29) is 12.1 Å². The van der Waals surface area contributed by atoms with Crippen LogP contribution in [0, 0.1) is 5.92 Å². The number of aliphatic hydroxyl groups excluding tert-OH is 1. The molecule has 18 heavy (non-hydrogen) atoms. The van der Waals surface area contributed by atoms with Gasteiger partial charge >= 0.3 is 0 Å². The first-order valence-electron chi connectivity index (χ1n) is 6.84.